The van der Waals surface area contributed by atoms with E-state index >= 15 is 0 Å². The summed E-state index contributed by atoms with van der Waals surface area (Å²) in [5.74, 6) is 0.486. The van der Waals surface area contributed by atoms with Crippen LogP contribution in [0.4, 0.5) is 0 Å². The van der Waals surface area contributed by atoms with Crippen LogP contribution in [0.1, 0.15) is 34.3 Å². The largest absolute Gasteiger partial charge is 0.496 e. The fourth-order valence-electron chi connectivity index (χ4n) is 2.24. The highest BCUT2D eigenvalue weighted by atomic mass is 35.5. The molecule has 0 atom stereocenters. The van der Waals surface area contributed by atoms with Gasteiger partial charge in [-0.25, -0.2) is 0 Å². The highest BCUT2D eigenvalue weighted by Gasteiger charge is 2.50. The molecule has 0 spiro atoms. The number of aliphatic hydroxyl groups excluding tert-OH is 1. The van der Waals surface area contributed by atoms with Crippen molar-refractivity contribution in [3.63, 3.8) is 0 Å². The van der Waals surface area contributed by atoms with Gasteiger partial charge in [0.05, 0.1) is 24.7 Å². The highest BCUT2D eigenvalue weighted by molar-refractivity contribution is 6.32. The van der Waals surface area contributed by atoms with Gasteiger partial charge in [0, 0.05) is 5.02 Å². The summed E-state index contributed by atoms with van der Waals surface area (Å²) in [6.45, 7) is 3.59. The summed E-state index contributed by atoms with van der Waals surface area (Å²) in [7, 11) is 1.54. The Bertz CT molecular complexity index is 504. The van der Waals surface area contributed by atoms with Crippen LogP contribution in [0.5, 0.6) is 5.75 Å². The Morgan fingerprint density at radius 3 is 2.56 bits per heavy atom. The van der Waals surface area contributed by atoms with Crippen LogP contribution >= 0.6 is 11.6 Å². The minimum atomic E-state index is -0.601. The van der Waals surface area contributed by atoms with Gasteiger partial charge in [-0.3, -0.25) is 4.79 Å². The van der Waals surface area contributed by atoms with Gasteiger partial charge in [-0.15, -0.1) is 0 Å². The minimum absolute atomic E-state index is 0.0544. The van der Waals surface area contributed by atoms with Crippen molar-refractivity contribution >= 4 is 17.4 Å². The Hall–Kier alpha value is -1.06. The monoisotopic (exact) mass is 268 g/mol. The first kappa shape index (κ1) is 13.4. The molecule has 0 aliphatic heterocycles. The third kappa shape index (κ3) is 1.91. The SMILES string of the molecule is COc1cc(C)c(Cl)c(C)c1C(=O)C1(CO)CC1. The molecule has 0 unspecified atom stereocenters. The summed E-state index contributed by atoms with van der Waals surface area (Å²) in [6, 6.07) is 1.77. The summed E-state index contributed by atoms with van der Waals surface area (Å²) in [4.78, 5) is 12.5. The first-order valence-electron chi connectivity index (χ1n) is 5.96. The van der Waals surface area contributed by atoms with Gasteiger partial charge in [0.1, 0.15) is 5.75 Å². The van der Waals surface area contributed by atoms with E-state index in [2.05, 4.69) is 0 Å². The summed E-state index contributed by atoms with van der Waals surface area (Å²) in [5, 5.41) is 9.96. The molecule has 0 saturated heterocycles. The molecule has 0 heterocycles. The number of carbonyl (C=O) groups excluding carboxylic acids is 1. The lowest BCUT2D eigenvalue weighted by atomic mass is 9.91. The second kappa shape index (κ2) is 4.56. The van der Waals surface area contributed by atoms with Crippen LogP contribution in [0.3, 0.4) is 0 Å². The lowest BCUT2D eigenvalue weighted by Crippen LogP contribution is -2.22. The zero-order valence-corrected chi connectivity index (χ0v) is 11.6. The van der Waals surface area contributed by atoms with Crippen molar-refractivity contribution < 1.29 is 14.6 Å². The first-order chi connectivity index (χ1) is 8.46. The second-order valence-corrected chi connectivity index (χ2v) is 5.36. The van der Waals surface area contributed by atoms with Crippen LogP contribution in [-0.4, -0.2) is 24.6 Å². The molecule has 0 radical (unpaired) electrons. The highest BCUT2D eigenvalue weighted by Crippen LogP contribution is 2.50. The number of hydrogen-bond donors (Lipinski definition) is 1. The van der Waals surface area contributed by atoms with Crippen molar-refractivity contribution in [1.82, 2.24) is 0 Å². The molecule has 1 aromatic carbocycles. The summed E-state index contributed by atoms with van der Waals surface area (Å²) in [5.41, 5.74) is 1.53. The molecular formula is C14H17ClO3. The molecule has 1 saturated carbocycles. The van der Waals surface area contributed by atoms with E-state index in [-0.39, 0.29) is 12.4 Å². The minimum Gasteiger partial charge on any atom is -0.496 e. The summed E-state index contributed by atoms with van der Waals surface area (Å²) >= 11 is 6.20. The molecule has 4 heteroatoms. The van der Waals surface area contributed by atoms with Gasteiger partial charge in [0.15, 0.2) is 5.78 Å². The van der Waals surface area contributed by atoms with Crippen LogP contribution in [0.25, 0.3) is 0 Å². The number of aryl methyl sites for hydroxylation is 1. The lowest BCUT2D eigenvalue weighted by molar-refractivity contribution is 0.0826. The van der Waals surface area contributed by atoms with Gasteiger partial charge >= 0.3 is 0 Å². The number of hydrogen-bond acceptors (Lipinski definition) is 3. The predicted molar refractivity (Wildman–Crippen MR) is 70.6 cm³/mol. The Labute approximate surface area is 112 Å². The molecular weight excluding hydrogens is 252 g/mol. The third-order valence-electron chi connectivity index (χ3n) is 3.73. The lowest BCUT2D eigenvalue weighted by Gasteiger charge is -2.18. The molecule has 98 valence electrons. The number of methoxy groups -OCH3 is 1. The van der Waals surface area contributed by atoms with Gasteiger partial charge in [0.25, 0.3) is 0 Å². The zero-order valence-electron chi connectivity index (χ0n) is 10.8. The van der Waals surface area contributed by atoms with Crippen molar-refractivity contribution in [3.8, 4) is 5.75 Å². The van der Waals surface area contributed by atoms with E-state index in [1.54, 1.807) is 6.07 Å². The van der Waals surface area contributed by atoms with Gasteiger partial charge in [-0.1, -0.05) is 11.6 Å². The fourth-order valence-corrected chi connectivity index (χ4v) is 2.39. The average Bonchev–Trinajstić information content (AvgIpc) is 3.15. The fraction of sp³-hybridized carbons (Fsp3) is 0.500. The molecule has 0 bridgehead atoms. The quantitative estimate of drug-likeness (QED) is 0.854. The molecule has 1 aliphatic carbocycles. The molecule has 1 N–H and O–H groups in total. The van der Waals surface area contributed by atoms with E-state index in [4.69, 9.17) is 16.3 Å². The van der Waals surface area contributed by atoms with E-state index in [1.165, 1.54) is 7.11 Å². The number of ether oxygens (including phenoxy) is 1. The number of aliphatic hydroxyl groups is 1. The zero-order chi connectivity index (χ0) is 13.5. The summed E-state index contributed by atoms with van der Waals surface area (Å²) in [6.07, 6.45) is 1.47. The van der Waals surface area contributed by atoms with E-state index in [0.717, 1.165) is 24.0 Å². The number of carbonyl (C=O) groups is 1. The molecule has 0 aromatic heterocycles. The Kier molecular flexibility index (Phi) is 3.39. The number of ketones is 1. The topological polar surface area (TPSA) is 46.5 Å². The Morgan fingerprint density at radius 2 is 2.11 bits per heavy atom. The maximum absolute atomic E-state index is 12.5. The van der Waals surface area contributed by atoms with Crippen molar-refractivity contribution in [2.75, 3.05) is 13.7 Å². The van der Waals surface area contributed by atoms with Gasteiger partial charge in [-0.05, 0) is 43.9 Å². The molecule has 0 amide bonds. The number of halogens is 1. The molecule has 3 nitrogen and oxygen atoms in total. The van der Waals surface area contributed by atoms with Crippen molar-refractivity contribution in [2.24, 2.45) is 5.41 Å². The predicted octanol–water partition coefficient (Wildman–Crippen LogP) is 2.92. The standard InChI is InChI=1S/C14H17ClO3/c1-8-6-10(18-3)11(9(2)12(8)15)13(17)14(7-16)4-5-14/h6,16H,4-5,7H2,1-3H3. The van der Waals surface area contributed by atoms with Crippen LogP contribution in [0, 0.1) is 19.3 Å². The molecule has 18 heavy (non-hydrogen) atoms. The van der Waals surface area contributed by atoms with Crippen molar-refractivity contribution in [1.29, 1.82) is 0 Å². The molecule has 1 aromatic rings. The van der Waals surface area contributed by atoms with Gasteiger partial charge in [-0.2, -0.15) is 0 Å². The van der Waals surface area contributed by atoms with Crippen molar-refractivity contribution in [3.05, 3.63) is 27.8 Å². The van der Waals surface area contributed by atoms with Crippen LogP contribution in [-0.2, 0) is 0 Å². The number of Topliss-reactive ketones (excluding diaryl/α,β-unsaturated/α-hetero) is 1. The van der Waals surface area contributed by atoms with E-state index in [9.17, 15) is 9.90 Å². The van der Waals surface area contributed by atoms with Crippen molar-refractivity contribution in [2.45, 2.75) is 26.7 Å². The van der Waals surface area contributed by atoms with E-state index in [1.807, 2.05) is 13.8 Å². The molecule has 2 rings (SSSR count). The average molecular weight is 269 g/mol. The molecule has 1 fully saturated rings. The van der Waals surface area contributed by atoms with E-state index < -0.39 is 5.41 Å². The summed E-state index contributed by atoms with van der Waals surface area (Å²) < 4.78 is 5.29. The van der Waals surface area contributed by atoms with E-state index in [0.29, 0.717) is 16.3 Å². The van der Waals surface area contributed by atoms with Crippen LogP contribution < -0.4 is 4.74 Å². The number of rotatable bonds is 4. The smallest absolute Gasteiger partial charge is 0.175 e. The van der Waals surface area contributed by atoms with Crippen LogP contribution in [0.2, 0.25) is 5.02 Å². The Morgan fingerprint density at radius 1 is 1.50 bits per heavy atom. The first-order valence-corrected chi connectivity index (χ1v) is 6.34. The van der Waals surface area contributed by atoms with Gasteiger partial charge < -0.3 is 9.84 Å². The van der Waals surface area contributed by atoms with Crippen LogP contribution in [0.15, 0.2) is 6.07 Å². The van der Waals surface area contributed by atoms with Gasteiger partial charge in [0.2, 0.25) is 0 Å². The normalized spacial score (nSPS) is 16.5. The Balaban J connectivity index is 2.56. The third-order valence-corrected chi connectivity index (χ3v) is 4.31. The number of benzene rings is 1. The molecule has 1 aliphatic rings. The maximum Gasteiger partial charge on any atom is 0.175 e. The maximum atomic E-state index is 12.5. The second-order valence-electron chi connectivity index (χ2n) is 4.98.